The highest BCUT2D eigenvalue weighted by Crippen LogP contribution is 2.33. The molecular formula is C29H36N2O5S2. The van der Waals surface area contributed by atoms with Crippen molar-refractivity contribution in [2.24, 2.45) is 0 Å². The number of sulfonamides is 1. The van der Waals surface area contributed by atoms with Gasteiger partial charge in [-0.2, -0.15) is 0 Å². The first-order chi connectivity index (χ1) is 18.1. The fraction of sp³-hybridized carbons (Fsp3) is 0.345. The number of thioether (sulfide) groups is 1. The number of hydrogen-bond donors (Lipinski definition) is 1. The first-order valence-electron chi connectivity index (χ1n) is 12.5. The van der Waals surface area contributed by atoms with Crippen LogP contribution in [0.1, 0.15) is 33.3 Å². The second-order valence-corrected chi connectivity index (χ2v) is 12.3. The van der Waals surface area contributed by atoms with E-state index in [-0.39, 0.29) is 23.5 Å². The molecule has 0 aliphatic carbocycles. The third kappa shape index (κ3) is 7.45. The van der Waals surface area contributed by atoms with Crippen LogP contribution in [0.5, 0.6) is 11.5 Å². The summed E-state index contributed by atoms with van der Waals surface area (Å²) in [5.41, 5.74) is 1.29. The van der Waals surface area contributed by atoms with Gasteiger partial charge in [-0.3, -0.25) is 9.10 Å². The fourth-order valence-corrected chi connectivity index (χ4v) is 5.70. The predicted molar refractivity (Wildman–Crippen MR) is 154 cm³/mol. The van der Waals surface area contributed by atoms with Gasteiger partial charge in [0.15, 0.2) is 0 Å². The molecule has 0 heterocycles. The van der Waals surface area contributed by atoms with E-state index >= 15 is 0 Å². The van der Waals surface area contributed by atoms with Gasteiger partial charge in [-0.25, -0.2) is 8.42 Å². The molecule has 3 aromatic rings. The zero-order valence-corrected chi connectivity index (χ0v) is 24.2. The lowest BCUT2D eigenvalue weighted by atomic mass is 9.86. The molecule has 0 saturated carbocycles. The van der Waals surface area contributed by atoms with Crippen molar-refractivity contribution in [3.05, 3.63) is 78.4 Å². The van der Waals surface area contributed by atoms with E-state index in [1.165, 1.54) is 11.8 Å². The van der Waals surface area contributed by atoms with E-state index in [4.69, 9.17) is 9.47 Å². The van der Waals surface area contributed by atoms with Gasteiger partial charge < -0.3 is 14.8 Å². The number of amides is 1. The van der Waals surface area contributed by atoms with Gasteiger partial charge in [0.05, 0.1) is 23.7 Å². The number of carbonyl (C=O) groups excluding carboxylic acids is 1. The van der Waals surface area contributed by atoms with Gasteiger partial charge in [-0.15, -0.1) is 11.8 Å². The molecule has 3 rings (SSSR count). The van der Waals surface area contributed by atoms with E-state index in [9.17, 15) is 13.2 Å². The fourth-order valence-electron chi connectivity index (χ4n) is 3.87. The number of rotatable bonds is 12. The topological polar surface area (TPSA) is 84.9 Å². The second-order valence-electron chi connectivity index (χ2n) is 9.53. The van der Waals surface area contributed by atoms with E-state index in [0.717, 1.165) is 20.5 Å². The number of nitrogens with one attached hydrogen (secondary N) is 1. The van der Waals surface area contributed by atoms with Crippen molar-refractivity contribution in [2.75, 3.05) is 36.9 Å². The van der Waals surface area contributed by atoms with Gasteiger partial charge in [-0.1, -0.05) is 51.1 Å². The van der Waals surface area contributed by atoms with Crippen molar-refractivity contribution in [2.45, 2.75) is 42.9 Å². The smallest absolute Gasteiger partial charge is 0.264 e. The van der Waals surface area contributed by atoms with E-state index in [0.29, 0.717) is 18.0 Å². The van der Waals surface area contributed by atoms with Crippen LogP contribution < -0.4 is 19.1 Å². The van der Waals surface area contributed by atoms with Crippen molar-refractivity contribution in [1.82, 2.24) is 5.32 Å². The van der Waals surface area contributed by atoms with Gasteiger partial charge in [0.25, 0.3) is 10.0 Å². The maximum atomic E-state index is 13.7. The van der Waals surface area contributed by atoms with Crippen LogP contribution >= 0.6 is 11.8 Å². The van der Waals surface area contributed by atoms with Crippen LogP contribution in [0.4, 0.5) is 5.69 Å². The van der Waals surface area contributed by atoms with Gasteiger partial charge in [-0.05, 0) is 66.6 Å². The Kier molecular flexibility index (Phi) is 10.1. The monoisotopic (exact) mass is 556 g/mol. The SMILES string of the molecule is CCOc1ccccc1N(CC(=O)NCCOc1ccccc1C(C)(C)C)S(=O)(=O)c1ccc(SC)cc1. The molecule has 0 unspecified atom stereocenters. The van der Waals surface area contributed by atoms with E-state index in [1.807, 2.05) is 37.4 Å². The van der Waals surface area contributed by atoms with Gasteiger partial charge in [0, 0.05) is 4.90 Å². The van der Waals surface area contributed by atoms with Crippen LogP contribution in [-0.2, 0) is 20.2 Å². The molecule has 0 bridgehead atoms. The van der Waals surface area contributed by atoms with Crippen LogP contribution in [0.2, 0.25) is 0 Å². The minimum Gasteiger partial charge on any atom is -0.492 e. The van der Waals surface area contributed by atoms with Crippen molar-refractivity contribution >= 4 is 33.4 Å². The lowest BCUT2D eigenvalue weighted by Gasteiger charge is -2.26. The lowest BCUT2D eigenvalue weighted by molar-refractivity contribution is -0.119. The third-order valence-electron chi connectivity index (χ3n) is 5.75. The van der Waals surface area contributed by atoms with Crippen LogP contribution in [0.25, 0.3) is 0 Å². The number of anilines is 1. The highest BCUT2D eigenvalue weighted by molar-refractivity contribution is 7.98. The maximum Gasteiger partial charge on any atom is 0.264 e. The highest BCUT2D eigenvalue weighted by atomic mass is 32.2. The largest absolute Gasteiger partial charge is 0.492 e. The summed E-state index contributed by atoms with van der Waals surface area (Å²) in [5.74, 6) is 0.695. The number of para-hydroxylation sites is 3. The van der Waals surface area contributed by atoms with Gasteiger partial charge >= 0.3 is 0 Å². The molecule has 0 fully saturated rings. The lowest BCUT2D eigenvalue weighted by Crippen LogP contribution is -2.42. The number of carbonyl (C=O) groups is 1. The molecule has 9 heteroatoms. The van der Waals surface area contributed by atoms with Crippen LogP contribution in [0, 0.1) is 0 Å². The molecule has 0 radical (unpaired) electrons. The summed E-state index contributed by atoms with van der Waals surface area (Å²) in [6, 6.07) is 21.2. The molecule has 0 aliphatic heterocycles. The average molecular weight is 557 g/mol. The first-order valence-corrected chi connectivity index (χ1v) is 15.1. The highest BCUT2D eigenvalue weighted by Gasteiger charge is 2.29. The summed E-state index contributed by atoms with van der Waals surface area (Å²) in [4.78, 5) is 14.0. The maximum absolute atomic E-state index is 13.7. The Labute approximate surface area is 230 Å². The average Bonchev–Trinajstić information content (AvgIpc) is 2.90. The molecular weight excluding hydrogens is 520 g/mol. The molecule has 0 aromatic heterocycles. The summed E-state index contributed by atoms with van der Waals surface area (Å²) in [5, 5.41) is 2.79. The Hall–Kier alpha value is -3.17. The molecule has 3 aromatic carbocycles. The molecule has 0 aliphatic rings. The van der Waals surface area contributed by atoms with Gasteiger partial charge in [0.2, 0.25) is 5.91 Å². The molecule has 0 atom stereocenters. The summed E-state index contributed by atoms with van der Waals surface area (Å²) in [7, 11) is -4.06. The number of nitrogens with zero attached hydrogens (tertiary/aromatic N) is 1. The van der Waals surface area contributed by atoms with E-state index in [2.05, 4.69) is 26.1 Å². The Balaban J connectivity index is 1.77. The van der Waals surface area contributed by atoms with Crippen molar-refractivity contribution in [3.63, 3.8) is 0 Å². The minimum atomic E-state index is -4.06. The zero-order valence-electron chi connectivity index (χ0n) is 22.6. The number of hydrogen-bond acceptors (Lipinski definition) is 6. The van der Waals surface area contributed by atoms with E-state index in [1.54, 1.807) is 48.5 Å². The standard InChI is InChI=1S/C29H36N2O5S2/c1-6-35-27-14-10-8-12-25(27)31(38(33,34)23-17-15-22(37-5)16-18-23)21-28(32)30-19-20-36-26-13-9-7-11-24(26)29(2,3)4/h7-18H,6,19-21H2,1-5H3,(H,30,32). The van der Waals surface area contributed by atoms with Crippen molar-refractivity contribution in [1.29, 1.82) is 0 Å². The molecule has 0 spiro atoms. The quantitative estimate of drug-likeness (QED) is 0.234. The van der Waals surface area contributed by atoms with E-state index < -0.39 is 22.5 Å². The normalized spacial score (nSPS) is 11.6. The Morgan fingerprint density at radius 1 is 0.921 bits per heavy atom. The van der Waals surface area contributed by atoms with Crippen molar-refractivity contribution in [3.8, 4) is 11.5 Å². The second kappa shape index (κ2) is 13.1. The summed E-state index contributed by atoms with van der Waals surface area (Å²) >= 11 is 1.52. The molecule has 204 valence electrons. The number of ether oxygens (including phenoxy) is 2. The number of benzene rings is 3. The molecule has 1 N–H and O–H groups in total. The summed E-state index contributed by atoms with van der Waals surface area (Å²) in [6.45, 7) is 8.57. The Morgan fingerprint density at radius 2 is 1.55 bits per heavy atom. The minimum absolute atomic E-state index is 0.0866. The Morgan fingerprint density at radius 3 is 2.18 bits per heavy atom. The van der Waals surface area contributed by atoms with Gasteiger partial charge in [0.1, 0.15) is 24.7 Å². The summed E-state index contributed by atoms with van der Waals surface area (Å²) < 4.78 is 40.2. The third-order valence-corrected chi connectivity index (χ3v) is 8.26. The Bertz CT molecular complexity index is 1320. The van der Waals surface area contributed by atoms with Crippen LogP contribution in [-0.4, -0.2) is 46.9 Å². The van der Waals surface area contributed by atoms with Crippen molar-refractivity contribution < 1.29 is 22.7 Å². The molecule has 0 saturated heterocycles. The van der Waals surface area contributed by atoms with Crippen LogP contribution in [0.3, 0.4) is 0 Å². The summed E-state index contributed by atoms with van der Waals surface area (Å²) in [6.07, 6.45) is 1.92. The first kappa shape index (κ1) is 29.4. The molecule has 38 heavy (non-hydrogen) atoms. The predicted octanol–water partition coefficient (Wildman–Crippen LogP) is 5.50. The zero-order chi connectivity index (χ0) is 27.8. The van der Waals surface area contributed by atoms with Crippen LogP contribution in [0.15, 0.2) is 82.6 Å². The molecule has 7 nitrogen and oxygen atoms in total. The molecule has 1 amide bonds.